The van der Waals surface area contributed by atoms with Gasteiger partial charge in [-0.3, -0.25) is 14.9 Å². The smallest absolute Gasteiger partial charge is 0.322 e. The van der Waals surface area contributed by atoms with Crippen molar-refractivity contribution in [1.29, 1.82) is 0 Å². The third-order valence-corrected chi connectivity index (χ3v) is 6.01. The molecule has 4 rings (SSSR count). The molecule has 1 aromatic rings. The predicted octanol–water partition coefficient (Wildman–Crippen LogP) is 1.62. The van der Waals surface area contributed by atoms with Crippen molar-refractivity contribution in [3.63, 3.8) is 0 Å². The Bertz CT molecular complexity index is 754. The van der Waals surface area contributed by atoms with Gasteiger partial charge < -0.3 is 10.2 Å². The molecule has 0 aromatic heterocycles. The molecular formula is C19H23N3O3. The summed E-state index contributed by atoms with van der Waals surface area (Å²) in [6, 6.07) is 7.74. The highest BCUT2D eigenvalue weighted by Gasteiger charge is 2.54. The number of amides is 4. The van der Waals surface area contributed by atoms with Crippen LogP contribution in [0.2, 0.25) is 0 Å². The van der Waals surface area contributed by atoms with E-state index in [0.717, 1.165) is 36.8 Å². The van der Waals surface area contributed by atoms with Crippen LogP contribution in [0.3, 0.4) is 0 Å². The van der Waals surface area contributed by atoms with Gasteiger partial charge in [-0.1, -0.05) is 42.7 Å². The molecule has 4 amide bonds. The molecule has 2 heterocycles. The highest BCUT2D eigenvalue weighted by Crippen LogP contribution is 2.44. The zero-order chi connectivity index (χ0) is 17.7. The third-order valence-electron chi connectivity index (χ3n) is 6.01. The van der Waals surface area contributed by atoms with Gasteiger partial charge in [0.05, 0.1) is 12.0 Å². The van der Waals surface area contributed by atoms with Crippen molar-refractivity contribution < 1.29 is 14.4 Å². The van der Waals surface area contributed by atoms with Gasteiger partial charge in [0.15, 0.2) is 0 Å². The number of imide groups is 1. The summed E-state index contributed by atoms with van der Waals surface area (Å²) in [6.07, 6.45) is 4.24. The van der Waals surface area contributed by atoms with Crippen molar-refractivity contribution in [3.05, 3.63) is 35.4 Å². The molecule has 6 nitrogen and oxygen atoms in total. The van der Waals surface area contributed by atoms with E-state index < -0.39 is 17.0 Å². The van der Waals surface area contributed by atoms with Gasteiger partial charge in [-0.15, -0.1) is 0 Å². The molecule has 3 aliphatic rings. The molecular weight excluding hydrogens is 318 g/mol. The van der Waals surface area contributed by atoms with E-state index in [0.29, 0.717) is 13.0 Å². The van der Waals surface area contributed by atoms with Gasteiger partial charge >= 0.3 is 6.03 Å². The minimum atomic E-state index is -0.945. The van der Waals surface area contributed by atoms with E-state index >= 15 is 0 Å². The second kappa shape index (κ2) is 5.58. The Morgan fingerprint density at radius 3 is 2.56 bits per heavy atom. The number of hydrogen-bond acceptors (Lipinski definition) is 3. The van der Waals surface area contributed by atoms with Gasteiger partial charge in [-0.2, -0.15) is 0 Å². The first-order valence-electron chi connectivity index (χ1n) is 8.95. The molecule has 1 aromatic carbocycles. The summed E-state index contributed by atoms with van der Waals surface area (Å²) >= 11 is 0. The number of nitrogens with one attached hydrogen (secondary N) is 2. The number of carbonyl (C=O) groups is 3. The van der Waals surface area contributed by atoms with Crippen molar-refractivity contribution in [3.8, 4) is 0 Å². The van der Waals surface area contributed by atoms with Crippen LogP contribution >= 0.6 is 0 Å². The minimum Gasteiger partial charge on any atom is -0.339 e. The zero-order valence-corrected chi connectivity index (χ0v) is 14.4. The maximum atomic E-state index is 13.5. The van der Waals surface area contributed by atoms with Crippen molar-refractivity contribution in [2.45, 2.75) is 50.0 Å². The second-order valence-corrected chi connectivity index (χ2v) is 7.63. The fourth-order valence-electron chi connectivity index (χ4n) is 4.65. The van der Waals surface area contributed by atoms with Crippen LogP contribution in [0.4, 0.5) is 4.79 Å². The van der Waals surface area contributed by atoms with Crippen LogP contribution in [0.25, 0.3) is 0 Å². The average Bonchev–Trinajstić information content (AvgIpc) is 3.28. The first-order chi connectivity index (χ1) is 12.0. The monoisotopic (exact) mass is 341 g/mol. The molecule has 0 bridgehead atoms. The van der Waals surface area contributed by atoms with E-state index in [4.69, 9.17) is 0 Å². The lowest BCUT2D eigenvalue weighted by atomic mass is 9.77. The summed E-state index contributed by atoms with van der Waals surface area (Å²) in [4.78, 5) is 39.0. The van der Waals surface area contributed by atoms with Gasteiger partial charge in [-0.25, -0.2) is 4.79 Å². The summed E-state index contributed by atoms with van der Waals surface area (Å²) in [7, 11) is 0. The lowest BCUT2D eigenvalue weighted by Crippen LogP contribution is -2.52. The van der Waals surface area contributed by atoms with E-state index in [1.54, 1.807) is 4.90 Å². The Kier molecular flexibility index (Phi) is 3.60. The van der Waals surface area contributed by atoms with Crippen LogP contribution in [0.15, 0.2) is 24.3 Å². The normalized spacial score (nSPS) is 27.6. The Morgan fingerprint density at radius 2 is 1.92 bits per heavy atom. The van der Waals surface area contributed by atoms with Gasteiger partial charge in [0.25, 0.3) is 5.91 Å². The number of carbonyl (C=O) groups excluding carboxylic acids is 3. The third kappa shape index (κ3) is 2.42. The maximum absolute atomic E-state index is 13.5. The van der Waals surface area contributed by atoms with Crippen molar-refractivity contribution in [1.82, 2.24) is 15.5 Å². The fourth-order valence-corrected chi connectivity index (χ4v) is 4.65. The lowest BCUT2D eigenvalue weighted by molar-refractivity contribution is -0.136. The van der Waals surface area contributed by atoms with Crippen LogP contribution in [-0.2, 0) is 15.0 Å². The summed E-state index contributed by atoms with van der Waals surface area (Å²) in [5.41, 5.74) is 0.795. The standard InChI is InChI=1S/C19H23N3O3/c1-13-5-4-6-14(11-13)18(7-2-3-8-18)16(24)22-10-9-19(12-22)15(23)20-17(25)21-19/h4-6,11H,2-3,7-10,12H2,1H3,(H2,20,21,23,25). The van der Waals surface area contributed by atoms with Crippen LogP contribution in [-0.4, -0.2) is 41.4 Å². The van der Waals surface area contributed by atoms with E-state index in [1.165, 1.54) is 0 Å². The molecule has 1 atom stereocenters. The van der Waals surface area contributed by atoms with Gasteiger partial charge in [0.2, 0.25) is 5.91 Å². The fraction of sp³-hybridized carbons (Fsp3) is 0.526. The topological polar surface area (TPSA) is 78.5 Å². The molecule has 1 unspecified atom stereocenters. The molecule has 3 fully saturated rings. The van der Waals surface area contributed by atoms with Crippen LogP contribution in [0, 0.1) is 6.92 Å². The van der Waals surface area contributed by atoms with E-state index in [9.17, 15) is 14.4 Å². The van der Waals surface area contributed by atoms with Crippen molar-refractivity contribution in [2.75, 3.05) is 13.1 Å². The van der Waals surface area contributed by atoms with Crippen molar-refractivity contribution >= 4 is 17.8 Å². The maximum Gasteiger partial charge on any atom is 0.322 e. The molecule has 2 N–H and O–H groups in total. The Hall–Kier alpha value is -2.37. The number of nitrogens with zero attached hydrogens (tertiary/aromatic N) is 1. The van der Waals surface area contributed by atoms with Crippen LogP contribution in [0.5, 0.6) is 0 Å². The molecule has 6 heteroatoms. The van der Waals surface area contributed by atoms with E-state index in [2.05, 4.69) is 16.7 Å². The predicted molar refractivity (Wildman–Crippen MR) is 91.9 cm³/mol. The molecule has 1 spiro atoms. The summed E-state index contributed by atoms with van der Waals surface area (Å²) in [5.74, 6) is -0.217. The quantitative estimate of drug-likeness (QED) is 0.803. The number of benzene rings is 1. The largest absolute Gasteiger partial charge is 0.339 e. The number of urea groups is 1. The first-order valence-corrected chi connectivity index (χ1v) is 8.95. The number of rotatable bonds is 2. The lowest BCUT2D eigenvalue weighted by Gasteiger charge is -2.33. The van der Waals surface area contributed by atoms with Gasteiger partial charge in [0.1, 0.15) is 5.54 Å². The Labute approximate surface area is 147 Å². The second-order valence-electron chi connectivity index (χ2n) is 7.63. The molecule has 25 heavy (non-hydrogen) atoms. The minimum absolute atomic E-state index is 0.0985. The Balaban J connectivity index is 1.63. The number of likely N-dealkylation sites (tertiary alicyclic amines) is 1. The van der Waals surface area contributed by atoms with Gasteiger partial charge in [-0.05, 0) is 31.7 Å². The summed E-state index contributed by atoms with van der Waals surface area (Å²) in [5, 5.41) is 5.02. The average molecular weight is 341 g/mol. The SMILES string of the molecule is Cc1cccc(C2(C(=O)N3CCC4(C3)NC(=O)NC4=O)CCCC2)c1. The van der Waals surface area contributed by atoms with E-state index in [-0.39, 0.29) is 18.4 Å². The summed E-state index contributed by atoms with van der Waals surface area (Å²) in [6.45, 7) is 2.80. The zero-order valence-electron chi connectivity index (χ0n) is 14.4. The molecule has 1 saturated carbocycles. The van der Waals surface area contributed by atoms with Gasteiger partial charge in [0, 0.05) is 6.54 Å². The molecule has 2 saturated heterocycles. The van der Waals surface area contributed by atoms with E-state index in [1.807, 2.05) is 25.1 Å². The summed E-state index contributed by atoms with van der Waals surface area (Å²) < 4.78 is 0. The Morgan fingerprint density at radius 1 is 1.16 bits per heavy atom. The number of hydrogen-bond donors (Lipinski definition) is 2. The van der Waals surface area contributed by atoms with Crippen molar-refractivity contribution in [2.24, 2.45) is 0 Å². The molecule has 0 radical (unpaired) electrons. The molecule has 2 aliphatic heterocycles. The highest BCUT2D eigenvalue weighted by atomic mass is 16.2. The number of aryl methyl sites for hydroxylation is 1. The molecule has 132 valence electrons. The van der Waals surface area contributed by atoms with Crippen LogP contribution in [0.1, 0.15) is 43.2 Å². The van der Waals surface area contributed by atoms with Crippen LogP contribution < -0.4 is 10.6 Å². The molecule has 1 aliphatic carbocycles. The highest BCUT2D eigenvalue weighted by molar-refractivity contribution is 6.08. The first kappa shape index (κ1) is 16.1.